The largest absolute Gasteiger partial charge is 0.304 e. The zero-order valence-electron chi connectivity index (χ0n) is 20.1. The Kier molecular flexibility index (Phi) is 7.30. The van der Waals surface area contributed by atoms with Crippen LogP contribution in [0.25, 0.3) is 44.9 Å². The van der Waals surface area contributed by atoms with Crippen molar-refractivity contribution in [1.29, 1.82) is 0 Å². The van der Waals surface area contributed by atoms with Crippen molar-refractivity contribution in [3.8, 4) is 44.9 Å². The van der Waals surface area contributed by atoms with Crippen molar-refractivity contribution < 1.29 is 20.1 Å². The molecule has 2 heterocycles. The molecule has 4 nitrogen and oxygen atoms in total. The van der Waals surface area contributed by atoms with Gasteiger partial charge in [0.05, 0.1) is 0 Å². The average Bonchev–Trinajstić information content (AvgIpc) is 2.83. The third kappa shape index (κ3) is 5.43. The summed E-state index contributed by atoms with van der Waals surface area (Å²) in [5.74, 6) is 2.06. The molecule has 0 amide bonds. The molecule has 0 saturated heterocycles. The van der Waals surface area contributed by atoms with Crippen molar-refractivity contribution in [1.82, 2.24) is 19.9 Å². The molecule has 0 N–H and O–H groups in total. The Morgan fingerprint density at radius 3 is 1.83 bits per heavy atom. The standard InChI is InChI=1S/C30H25N4.Ir/c1-19-15-20(2)17-26(16-19)28-8-6-5-7-27(28)23-9-11-24(12-10-23)29-14-13-25(18-31-29)30-33-21(3)32-22(4)34-30;/h5-11,13-18H,1-4H3;/q-1;. The summed E-state index contributed by atoms with van der Waals surface area (Å²) in [5.41, 5.74) is 10.00. The molecule has 0 aliphatic carbocycles. The molecule has 0 fully saturated rings. The molecule has 175 valence electrons. The number of hydrogen-bond donors (Lipinski definition) is 0. The monoisotopic (exact) mass is 634 g/mol. The van der Waals surface area contributed by atoms with E-state index in [0.717, 1.165) is 22.4 Å². The summed E-state index contributed by atoms with van der Waals surface area (Å²) in [7, 11) is 0. The van der Waals surface area contributed by atoms with E-state index in [9.17, 15) is 0 Å². The van der Waals surface area contributed by atoms with Crippen molar-refractivity contribution in [3.63, 3.8) is 0 Å². The van der Waals surface area contributed by atoms with Gasteiger partial charge in [0.25, 0.3) is 0 Å². The van der Waals surface area contributed by atoms with Gasteiger partial charge in [0, 0.05) is 31.9 Å². The van der Waals surface area contributed by atoms with Gasteiger partial charge < -0.3 is 4.98 Å². The maximum absolute atomic E-state index is 4.64. The first-order valence-corrected chi connectivity index (χ1v) is 11.3. The van der Waals surface area contributed by atoms with E-state index in [1.807, 2.05) is 32.0 Å². The van der Waals surface area contributed by atoms with E-state index in [1.165, 1.54) is 27.8 Å². The Bertz CT molecular complexity index is 1440. The second-order valence-electron chi connectivity index (χ2n) is 8.60. The van der Waals surface area contributed by atoms with Gasteiger partial charge in [0.15, 0.2) is 5.82 Å². The van der Waals surface area contributed by atoms with E-state index in [2.05, 4.69) is 94.4 Å². The predicted molar refractivity (Wildman–Crippen MR) is 137 cm³/mol. The Labute approximate surface area is 219 Å². The quantitative estimate of drug-likeness (QED) is 0.201. The van der Waals surface area contributed by atoms with E-state index in [4.69, 9.17) is 0 Å². The topological polar surface area (TPSA) is 51.6 Å². The first-order valence-electron chi connectivity index (χ1n) is 11.3. The zero-order chi connectivity index (χ0) is 23.7. The number of rotatable bonds is 4. The smallest absolute Gasteiger partial charge is 0.164 e. The molecule has 5 rings (SSSR count). The SMILES string of the molecule is Cc1cc(C)cc(-c2ccccc2-c2c[c-]c(-c3ccc(-c4nc(C)nc(C)n4)cn3)cc2)c1.[Ir]. The molecular formula is C30H25IrN4-. The molecule has 35 heavy (non-hydrogen) atoms. The van der Waals surface area contributed by atoms with Gasteiger partial charge in [-0.05, 0) is 44.5 Å². The second-order valence-corrected chi connectivity index (χ2v) is 8.60. The summed E-state index contributed by atoms with van der Waals surface area (Å²) in [6.45, 7) is 8.02. The molecule has 0 spiro atoms. The van der Waals surface area contributed by atoms with Crippen LogP contribution in [0, 0.1) is 33.8 Å². The first kappa shape index (κ1) is 24.6. The fourth-order valence-corrected chi connectivity index (χ4v) is 4.30. The van der Waals surface area contributed by atoms with Crippen molar-refractivity contribution in [2.24, 2.45) is 0 Å². The molecular weight excluding hydrogens is 609 g/mol. The van der Waals surface area contributed by atoms with Crippen molar-refractivity contribution in [3.05, 3.63) is 108 Å². The average molecular weight is 634 g/mol. The second kappa shape index (κ2) is 10.4. The van der Waals surface area contributed by atoms with E-state index in [0.29, 0.717) is 17.5 Å². The van der Waals surface area contributed by atoms with Gasteiger partial charge in [0.1, 0.15) is 11.6 Å². The first-order chi connectivity index (χ1) is 16.5. The molecule has 5 heteroatoms. The number of pyridine rings is 1. The van der Waals surface area contributed by atoms with Crippen LogP contribution in [0.15, 0.2) is 79.0 Å². The Balaban J connectivity index is 0.00000289. The number of aromatic nitrogens is 4. The summed E-state index contributed by atoms with van der Waals surface area (Å²) in [6.07, 6.45) is 1.81. The maximum Gasteiger partial charge on any atom is 0.164 e. The Morgan fingerprint density at radius 2 is 1.26 bits per heavy atom. The van der Waals surface area contributed by atoms with E-state index in [-0.39, 0.29) is 20.1 Å². The molecule has 0 saturated carbocycles. The third-order valence-electron chi connectivity index (χ3n) is 5.74. The van der Waals surface area contributed by atoms with E-state index >= 15 is 0 Å². The maximum atomic E-state index is 4.64. The van der Waals surface area contributed by atoms with Gasteiger partial charge in [-0.3, -0.25) is 0 Å². The molecule has 0 aliphatic rings. The summed E-state index contributed by atoms with van der Waals surface area (Å²) < 4.78 is 0. The fraction of sp³-hybridized carbons (Fsp3) is 0.133. The van der Waals surface area contributed by atoms with Crippen molar-refractivity contribution in [2.45, 2.75) is 27.7 Å². The summed E-state index contributed by atoms with van der Waals surface area (Å²) in [4.78, 5) is 17.7. The van der Waals surface area contributed by atoms with Crippen LogP contribution in [0.3, 0.4) is 0 Å². The normalized spacial score (nSPS) is 10.6. The molecule has 0 unspecified atom stereocenters. The summed E-state index contributed by atoms with van der Waals surface area (Å²) >= 11 is 0. The molecule has 0 atom stereocenters. The van der Waals surface area contributed by atoms with Gasteiger partial charge in [-0.2, -0.15) is 0 Å². The van der Waals surface area contributed by atoms with Gasteiger partial charge in [-0.15, -0.1) is 29.8 Å². The van der Waals surface area contributed by atoms with Crippen LogP contribution >= 0.6 is 0 Å². The van der Waals surface area contributed by atoms with Crippen LogP contribution in [-0.2, 0) is 20.1 Å². The van der Waals surface area contributed by atoms with Crippen LogP contribution in [0.2, 0.25) is 0 Å². The van der Waals surface area contributed by atoms with Gasteiger partial charge in [-0.1, -0.05) is 76.9 Å². The van der Waals surface area contributed by atoms with Crippen LogP contribution < -0.4 is 0 Å². The summed E-state index contributed by atoms with van der Waals surface area (Å²) in [5, 5.41) is 0. The zero-order valence-corrected chi connectivity index (χ0v) is 22.5. The van der Waals surface area contributed by atoms with Gasteiger partial charge in [-0.25, -0.2) is 15.0 Å². The van der Waals surface area contributed by atoms with E-state index in [1.54, 1.807) is 6.20 Å². The van der Waals surface area contributed by atoms with Crippen molar-refractivity contribution in [2.75, 3.05) is 0 Å². The minimum absolute atomic E-state index is 0. The minimum atomic E-state index is 0. The van der Waals surface area contributed by atoms with Crippen LogP contribution in [0.4, 0.5) is 0 Å². The van der Waals surface area contributed by atoms with Gasteiger partial charge in [0.2, 0.25) is 0 Å². The predicted octanol–water partition coefficient (Wildman–Crippen LogP) is 6.97. The minimum Gasteiger partial charge on any atom is -0.304 e. The number of aryl methyl sites for hydroxylation is 4. The Morgan fingerprint density at radius 1 is 0.629 bits per heavy atom. The Hall–Kier alpha value is -3.53. The number of hydrogen-bond acceptors (Lipinski definition) is 4. The van der Waals surface area contributed by atoms with Crippen LogP contribution in [0.5, 0.6) is 0 Å². The number of nitrogens with zero attached hydrogens (tertiary/aromatic N) is 4. The van der Waals surface area contributed by atoms with Crippen LogP contribution in [-0.4, -0.2) is 19.9 Å². The fourth-order valence-electron chi connectivity index (χ4n) is 4.30. The van der Waals surface area contributed by atoms with Gasteiger partial charge >= 0.3 is 0 Å². The third-order valence-corrected chi connectivity index (χ3v) is 5.74. The molecule has 1 radical (unpaired) electrons. The van der Waals surface area contributed by atoms with Crippen molar-refractivity contribution >= 4 is 0 Å². The number of benzene rings is 3. The molecule has 3 aromatic carbocycles. The molecule has 0 bridgehead atoms. The molecule has 5 aromatic rings. The summed E-state index contributed by atoms with van der Waals surface area (Å²) in [6, 6.07) is 28.9. The molecule has 0 aliphatic heterocycles. The molecule has 2 aromatic heterocycles. The van der Waals surface area contributed by atoms with E-state index < -0.39 is 0 Å². The van der Waals surface area contributed by atoms with Crippen LogP contribution in [0.1, 0.15) is 22.8 Å².